The van der Waals surface area contributed by atoms with Gasteiger partial charge in [-0.2, -0.15) is 0 Å². The molecule has 6 heteroatoms. The lowest BCUT2D eigenvalue weighted by Gasteiger charge is -2.35. The van der Waals surface area contributed by atoms with E-state index in [-0.39, 0.29) is 30.4 Å². The monoisotopic (exact) mass is 376 g/mol. The van der Waals surface area contributed by atoms with Crippen LogP contribution in [0, 0.1) is 11.8 Å². The van der Waals surface area contributed by atoms with Gasteiger partial charge in [-0.15, -0.1) is 0 Å². The Labute approximate surface area is 162 Å². The van der Waals surface area contributed by atoms with Crippen LogP contribution in [-0.2, 0) is 9.59 Å². The predicted octanol–water partition coefficient (Wildman–Crippen LogP) is 1.48. The molecular formula is C21H34N3O3+. The van der Waals surface area contributed by atoms with Gasteiger partial charge in [0, 0.05) is 11.7 Å². The summed E-state index contributed by atoms with van der Waals surface area (Å²) >= 11 is 0. The van der Waals surface area contributed by atoms with Crippen molar-refractivity contribution in [1.82, 2.24) is 5.32 Å². The molecule has 27 heavy (non-hydrogen) atoms. The Morgan fingerprint density at radius 3 is 2.52 bits per heavy atom. The molecule has 0 aliphatic heterocycles. The van der Waals surface area contributed by atoms with E-state index in [1.807, 2.05) is 14.0 Å². The molecule has 1 aliphatic carbocycles. The summed E-state index contributed by atoms with van der Waals surface area (Å²) in [5, 5.41) is 6.08. The third-order valence-electron chi connectivity index (χ3n) is 5.98. The molecule has 1 saturated carbocycles. The number of carbonyl (C=O) groups is 2. The second-order valence-corrected chi connectivity index (χ2v) is 7.90. The van der Waals surface area contributed by atoms with Gasteiger partial charge in [-0.25, -0.2) is 0 Å². The summed E-state index contributed by atoms with van der Waals surface area (Å²) in [6.07, 6.45) is 3.44. The van der Waals surface area contributed by atoms with Crippen molar-refractivity contribution in [3.05, 3.63) is 24.3 Å². The topological polar surface area (TPSA) is 71.9 Å². The van der Waals surface area contributed by atoms with Crippen molar-refractivity contribution < 1.29 is 19.2 Å². The van der Waals surface area contributed by atoms with Crippen LogP contribution in [0.25, 0.3) is 0 Å². The molecule has 0 radical (unpaired) electrons. The summed E-state index contributed by atoms with van der Waals surface area (Å²) in [7, 11) is 3.48. The van der Waals surface area contributed by atoms with Crippen LogP contribution in [0.1, 0.15) is 40.0 Å². The van der Waals surface area contributed by atoms with Gasteiger partial charge in [0.2, 0.25) is 0 Å². The molecule has 0 aromatic heterocycles. The zero-order chi connectivity index (χ0) is 20.0. The number of hydrogen-bond donors (Lipinski definition) is 3. The SMILES string of the molecule is COc1ccc(NC(=O)C[NH+](C)[C@H](C)C(=O)N[C@@H]2CCC[C@H](C)[C@H]2C)cc1. The predicted molar refractivity (Wildman–Crippen MR) is 107 cm³/mol. The second kappa shape index (κ2) is 9.74. The molecular weight excluding hydrogens is 342 g/mol. The van der Waals surface area contributed by atoms with Crippen LogP contribution in [0.15, 0.2) is 24.3 Å². The molecule has 2 rings (SSSR count). The van der Waals surface area contributed by atoms with E-state index in [0.717, 1.165) is 29.2 Å². The van der Waals surface area contributed by atoms with E-state index < -0.39 is 0 Å². The molecule has 0 saturated heterocycles. The maximum absolute atomic E-state index is 12.6. The van der Waals surface area contributed by atoms with Crippen LogP contribution in [0.3, 0.4) is 0 Å². The minimum absolute atomic E-state index is 0.0238. The molecule has 6 nitrogen and oxygen atoms in total. The highest BCUT2D eigenvalue weighted by atomic mass is 16.5. The smallest absolute Gasteiger partial charge is 0.279 e. The Kier molecular flexibility index (Phi) is 7.66. The summed E-state index contributed by atoms with van der Waals surface area (Å²) in [6.45, 7) is 6.59. The largest absolute Gasteiger partial charge is 0.497 e. The third kappa shape index (κ3) is 5.96. The average molecular weight is 377 g/mol. The summed E-state index contributed by atoms with van der Waals surface area (Å²) in [6, 6.07) is 7.16. The van der Waals surface area contributed by atoms with Gasteiger partial charge in [0.15, 0.2) is 12.6 Å². The maximum atomic E-state index is 12.6. The third-order valence-corrected chi connectivity index (χ3v) is 5.98. The van der Waals surface area contributed by atoms with E-state index in [4.69, 9.17) is 4.74 Å². The van der Waals surface area contributed by atoms with E-state index in [1.165, 1.54) is 6.42 Å². The maximum Gasteiger partial charge on any atom is 0.279 e. The van der Waals surface area contributed by atoms with Crippen molar-refractivity contribution in [2.45, 2.75) is 52.1 Å². The molecule has 0 spiro atoms. The molecule has 3 N–H and O–H groups in total. The number of hydrogen-bond acceptors (Lipinski definition) is 3. The molecule has 150 valence electrons. The molecule has 0 heterocycles. The van der Waals surface area contributed by atoms with Crippen molar-refractivity contribution in [2.24, 2.45) is 11.8 Å². The van der Waals surface area contributed by atoms with Gasteiger partial charge < -0.3 is 20.3 Å². The molecule has 1 aromatic carbocycles. The molecule has 1 fully saturated rings. The highest BCUT2D eigenvalue weighted by molar-refractivity contribution is 5.91. The minimum atomic E-state index is -0.281. The van der Waals surface area contributed by atoms with Gasteiger partial charge in [0.05, 0.1) is 14.2 Å². The average Bonchev–Trinajstić information content (AvgIpc) is 2.65. The van der Waals surface area contributed by atoms with Crippen molar-refractivity contribution in [2.75, 3.05) is 26.0 Å². The number of benzene rings is 1. The van der Waals surface area contributed by atoms with Gasteiger partial charge in [-0.05, 0) is 49.4 Å². The highest BCUT2D eigenvalue weighted by Gasteiger charge is 2.31. The van der Waals surface area contributed by atoms with Gasteiger partial charge in [0.25, 0.3) is 11.8 Å². The van der Waals surface area contributed by atoms with E-state index in [2.05, 4.69) is 24.5 Å². The van der Waals surface area contributed by atoms with Crippen LogP contribution < -0.4 is 20.3 Å². The lowest BCUT2D eigenvalue weighted by Crippen LogP contribution is -3.15. The van der Waals surface area contributed by atoms with Crippen molar-refractivity contribution >= 4 is 17.5 Å². The van der Waals surface area contributed by atoms with Crippen LogP contribution in [0.5, 0.6) is 5.75 Å². The zero-order valence-electron chi connectivity index (χ0n) is 17.2. The highest BCUT2D eigenvalue weighted by Crippen LogP contribution is 2.29. The van der Waals surface area contributed by atoms with Crippen molar-refractivity contribution in [3.8, 4) is 5.75 Å². The fourth-order valence-electron chi connectivity index (χ4n) is 3.60. The first-order chi connectivity index (χ1) is 12.8. The van der Waals surface area contributed by atoms with E-state index in [0.29, 0.717) is 11.8 Å². The van der Waals surface area contributed by atoms with Crippen LogP contribution in [0.4, 0.5) is 5.69 Å². The van der Waals surface area contributed by atoms with Crippen molar-refractivity contribution in [1.29, 1.82) is 0 Å². The Morgan fingerprint density at radius 1 is 1.22 bits per heavy atom. The summed E-state index contributed by atoms with van der Waals surface area (Å²) < 4.78 is 5.11. The molecule has 0 bridgehead atoms. The fraction of sp³-hybridized carbons (Fsp3) is 0.619. The molecule has 5 atom stereocenters. The van der Waals surface area contributed by atoms with Gasteiger partial charge >= 0.3 is 0 Å². The molecule has 1 aromatic rings. The Bertz CT molecular complexity index is 632. The number of likely N-dealkylation sites (N-methyl/N-ethyl adjacent to an activating group) is 1. The zero-order valence-corrected chi connectivity index (χ0v) is 17.2. The van der Waals surface area contributed by atoms with Gasteiger partial charge in [-0.3, -0.25) is 9.59 Å². The number of amides is 2. The summed E-state index contributed by atoms with van der Waals surface area (Å²) in [5.41, 5.74) is 0.718. The number of carbonyl (C=O) groups excluding carboxylic acids is 2. The number of ether oxygens (including phenoxy) is 1. The van der Waals surface area contributed by atoms with Gasteiger partial charge in [0.1, 0.15) is 5.75 Å². The van der Waals surface area contributed by atoms with Crippen LogP contribution >= 0.6 is 0 Å². The van der Waals surface area contributed by atoms with Crippen LogP contribution in [0.2, 0.25) is 0 Å². The number of rotatable bonds is 7. The minimum Gasteiger partial charge on any atom is -0.497 e. The first-order valence-electron chi connectivity index (χ1n) is 9.88. The first kappa shape index (κ1) is 21.2. The normalized spacial score (nSPS) is 24.6. The van der Waals surface area contributed by atoms with Crippen molar-refractivity contribution in [3.63, 3.8) is 0 Å². The Balaban J connectivity index is 1.83. The number of methoxy groups -OCH3 is 1. The number of anilines is 1. The molecule has 1 unspecified atom stereocenters. The van der Waals surface area contributed by atoms with Gasteiger partial charge in [-0.1, -0.05) is 26.7 Å². The first-order valence-corrected chi connectivity index (χ1v) is 9.88. The lowest BCUT2D eigenvalue weighted by molar-refractivity contribution is -0.885. The van der Waals surface area contributed by atoms with E-state index in [9.17, 15) is 9.59 Å². The Hall–Kier alpha value is -2.08. The van der Waals surface area contributed by atoms with Crippen LogP contribution in [-0.4, -0.2) is 44.6 Å². The number of quaternary nitrogens is 1. The quantitative estimate of drug-likeness (QED) is 0.675. The molecule has 1 aliphatic rings. The lowest BCUT2D eigenvalue weighted by atomic mass is 9.78. The summed E-state index contributed by atoms with van der Waals surface area (Å²) in [4.78, 5) is 25.8. The summed E-state index contributed by atoms with van der Waals surface area (Å²) in [5.74, 6) is 1.79. The fourth-order valence-corrected chi connectivity index (χ4v) is 3.60. The second-order valence-electron chi connectivity index (χ2n) is 7.90. The number of nitrogens with one attached hydrogen (secondary N) is 3. The van der Waals surface area contributed by atoms with E-state index >= 15 is 0 Å². The van der Waals surface area contributed by atoms with E-state index in [1.54, 1.807) is 31.4 Å². The molecule has 2 amide bonds. The Morgan fingerprint density at radius 2 is 1.89 bits per heavy atom. The standard InChI is InChI=1S/C21H33N3O3/c1-14-7-6-8-19(15(14)2)23-21(26)16(3)24(4)13-20(25)22-17-9-11-18(27-5)12-10-17/h9-12,14-16,19H,6-8,13H2,1-5H3,(H,22,25)(H,23,26)/p+1/t14-,15+,16+,19+/m0/s1.